The maximum Gasteiger partial charge on any atom is 0.261 e. The minimum atomic E-state index is -0.362. The molecule has 140 valence electrons. The molecule has 0 unspecified atom stereocenters. The number of carbonyl (C=O) groups is 3. The highest BCUT2D eigenvalue weighted by Crippen LogP contribution is 2.24. The van der Waals surface area contributed by atoms with Crippen molar-refractivity contribution in [2.75, 3.05) is 20.3 Å². The van der Waals surface area contributed by atoms with Gasteiger partial charge in [0, 0.05) is 32.4 Å². The summed E-state index contributed by atoms with van der Waals surface area (Å²) in [5, 5.41) is 2.84. The number of ether oxygens (including phenoxy) is 1. The van der Waals surface area contributed by atoms with E-state index in [0.29, 0.717) is 37.2 Å². The second-order valence-corrected chi connectivity index (χ2v) is 6.54. The maximum absolute atomic E-state index is 12.5. The Morgan fingerprint density at radius 1 is 1.04 bits per heavy atom. The Morgan fingerprint density at radius 2 is 1.74 bits per heavy atom. The van der Waals surface area contributed by atoms with Crippen molar-refractivity contribution >= 4 is 17.7 Å². The Balaban J connectivity index is 1.69. The van der Waals surface area contributed by atoms with Crippen LogP contribution in [-0.2, 0) is 11.3 Å². The summed E-state index contributed by atoms with van der Waals surface area (Å²) in [5.74, 6) is -0.964. The maximum atomic E-state index is 12.5. The van der Waals surface area contributed by atoms with Crippen LogP contribution in [0.4, 0.5) is 0 Å². The third kappa shape index (κ3) is 4.06. The molecule has 0 saturated carbocycles. The molecule has 1 N–H and O–H groups in total. The highest BCUT2D eigenvalue weighted by molar-refractivity contribution is 6.22. The lowest BCUT2D eigenvalue weighted by atomic mass is 10.1. The second kappa shape index (κ2) is 8.14. The van der Waals surface area contributed by atoms with Gasteiger partial charge in [-0.2, -0.15) is 0 Å². The molecule has 0 radical (unpaired) electrons. The minimum Gasteiger partial charge on any atom is -0.385 e. The van der Waals surface area contributed by atoms with Gasteiger partial charge >= 0.3 is 0 Å². The average Bonchev–Trinajstić information content (AvgIpc) is 2.92. The fourth-order valence-corrected chi connectivity index (χ4v) is 2.99. The van der Waals surface area contributed by atoms with Crippen molar-refractivity contribution in [3.8, 4) is 0 Å². The molecule has 6 nitrogen and oxygen atoms in total. The van der Waals surface area contributed by atoms with Crippen LogP contribution in [0.5, 0.6) is 0 Å². The topological polar surface area (TPSA) is 75.7 Å². The van der Waals surface area contributed by atoms with Gasteiger partial charge in [0.1, 0.15) is 0 Å². The van der Waals surface area contributed by atoms with Crippen LogP contribution in [0.2, 0.25) is 0 Å². The van der Waals surface area contributed by atoms with Gasteiger partial charge < -0.3 is 10.1 Å². The number of hydrogen-bond acceptors (Lipinski definition) is 4. The lowest BCUT2D eigenvalue weighted by Gasteiger charge is -2.12. The van der Waals surface area contributed by atoms with Gasteiger partial charge in [0.25, 0.3) is 17.7 Å². The van der Waals surface area contributed by atoms with Gasteiger partial charge in [0.05, 0.1) is 11.1 Å². The molecule has 0 aliphatic carbocycles. The van der Waals surface area contributed by atoms with Gasteiger partial charge in [-0.25, -0.2) is 0 Å². The predicted octanol–water partition coefficient (Wildman–Crippen LogP) is 2.56. The van der Waals surface area contributed by atoms with Crippen molar-refractivity contribution in [1.29, 1.82) is 0 Å². The molecule has 0 atom stereocenters. The summed E-state index contributed by atoms with van der Waals surface area (Å²) in [6, 6.07) is 12.5. The number of aryl methyl sites for hydroxylation is 1. The van der Waals surface area contributed by atoms with Gasteiger partial charge in [-0.1, -0.05) is 29.8 Å². The van der Waals surface area contributed by atoms with Crippen molar-refractivity contribution in [2.24, 2.45) is 0 Å². The number of nitrogens with one attached hydrogen (secondary N) is 1. The third-order valence-electron chi connectivity index (χ3n) is 4.54. The number of nitrogens with zero attached hydrogens (tertiary/aromatic N) is 1. The highest BCUT2D eigenvalue weighted by atomic mass is 16.5. The first kappa shape index (κ1) is 18.8. The predicted molar refractivity (Wildman–Crippen MR) is 101 cm³/mol. The van der Waals surface area contributed by atoms with Crippen LogP contribution in [0.15, 0.2) is 42.5 Å². The summed E-state index contributed by atoms with van der Waals surface area (Å²) in [6.07, 6.45) is 0.575. The molecule has 0 bridgehead atoms. The lowest BCUT2D eigenvalue weighted by Crippen LogP contribution is -2.31. The summed E-state index contributed by atoms with van der Waals surface area (Å²) >= 11 is 0. The lowest BCUT2D eigenvalue weighted by molar-refractivity contribution is 0.0638. The van der Waals surface area contributed by atoms with E-state index in [0.717, 1.165) is 11.1 Å². The van der Waals surface area contributed by atoms with Crippen LogP contribution >= 0.6 is 0 Å². The van der Waals surface area contributed by atoms with Crippen LogP contribution in [0.1, 0.15) is 48.6 Å². The van der Waals surface area contributed by atoms with Crippen LogP contribution in [0.3, 0.4) is 0 Å². The first-order chi connectivity index (χ1) is 13.0. The van der Waals surface area contributed by atoms with Gasteiger partial charge in [0.15, 0.2) is 0 Å². The van der Waals surface area contributed by atoms with Crippen molar-refractivity contribution in [2.45, 2.75) is 19.9 Å². The van der Waals surface area contributed by atoms with Gasteiger partial charge in [0.2, 0.25) is 0 Å². The fraction of sp³-hybridized carbons (Fsp3) is 0.286. The van der Waals surface area contributed by atoms with Crippen LogP contribution < -0.4 is 5.32 Å². The Bertz CT molecular complexity index is 874. The molecule has 1 heterocycles. The van der Waals surface area contributed by atoms with E-state index in [2.05, 4.69) is 5.32 Å². The molecule has 2 aromatic rings. The quantitative estimate of drug-likeness (QED) is 0.604. The average molecular weight is 366 g/mol. The number of carbonyl (C=O) groups excluding carboxylic acids is 3. The van der Waals surface area contributed by atoms with Crippen molar-refractivity contribution < 1.29 is 19.1 Å². The van der Waals surface area contributed by atoms with Gasteiger partial charge in [-0.3, -0.25) is 19.3 Å². The fourth-order valence-electron chi connectivity index (χ4n) is 2.99. The van der Waals surface area contributed by atoms with E-state index >= 15 is 0 Å². The number of amides is 3. The molecule has 6 heteroatoms. The summed E-state index contributed by atoms with van der Waals surface area (Å²) < 4.78 is 4.97. The zero-order chi connectivity index (χ0) is 19.4. The number of methoxy groups -OCH3 is 1. The number of imide groups is 1. The molecule has 3 rings (SSSR count). The van der Waals surface area contributed by atoms with Crippen LogP contribution in [0.25, 0.3) is 0 Å². The van der Waals surface area contributed by atoms with E-state index in [4.69, 9.17) is 4.74 Å². The number of rotatable bonds is 7. The Hall–Kier alpha value is -2.99. The molecule has 0 spiro atoms. The van der Waals surface area contributed by atoms with E-state index in [1.165, 1.54) is 11.0 Å². The number of fused-ring (bicyclic) bond motifs is 1. The summed E-state index contributed by atoms with van der Waals surface area (Å²) in [5.41, 5.74) is 3.13. The zero-order valence-electron chi connectivity index (χ0n) is 15.5. The van der Waals surface area contributed by atoms with E-state index < -0.39 is 0 Å². The smallest absolute Gasteiger partial charge is 0.261 e. The third-order valence-corrected chi connectivity index (χ3v) is 4.54. The molecule has 0 saturated heterocycles. The SMILES string of the molecule is COCCCN1C(=O)c2ccc(C(=O)NCc3ccc(C)cc3)cc2C1=O. The standard InChI is InChI=1S/C21H22N2O4/c1-14-4-6-15(7-5-14)13-22-19(24)16-8-9-17-18(12-16)21(26)23(20(17)25)10-3-11-27-2/h4-9,12H,3,10-11,13H2,1-2H3,(H,22,24). The highest BCUT2D eigenvalue weighted by Gasteiger charge is 2.35. The summed E-state index contributed by atoms with van der Waals surface area (Å²) in [7, 11) is 1.57. The van der Waals surface area contributed by atoms with E-state index in [-0.39, 0.29) is 23.3 Å². The van der Waals surface area contributed by atoms with E-state index in [9.17, 15) is 14.4 Å². The van der Waals surface area contributed by atoms with Gasteiger partial charge in [-0.15, -0.1) is 0 Å². The Kier molecular flexibility index (Phi) is 5.66. The van der Waals surface area contributed by atoms with Crippen LogP contribution in [-0.4, -0.2) is 42.9 Å². The first-order valence-corrected chi connectivity index (χ1v) is 8.84. The molecule has 0 fully saturated rings. The Morgan fingerprint density at radius 3 is 2.44 bits per heavy atom. The van der Waals surface area contributed by atoms with Crippen molar-refractivity contribution in [3.63, 3.8) is 0 Å². The zero-order valence-corrected chi connectivity index (χ0v) is 15.5. The second-order valence-electron chi connectivity index (χ2n) is 6.54. The normalized spacial score (nSPS) is 13.0. The van der Waals surface area contributed by atoms with Crippen molar-refractivity contribution in [3.05, 3.63) is 70.3 Å². The molecule has 2 aromatic carbocycles. The number of benzene rings is 2. The van der Waals surface area contributed by atoms with Gasteiger partial charge in [-0.05, 0) is 37.1 Å². The molecule has 1 aliphatic heterocycles. The van der Waals surface area contributed by atoms with E-state index in [1.807, 2.05) is 31.2 Å². The molecular weight excluding hydrogens is 344 g/mol. The molecule has 27 heavy (non-hydrogen) atoms. The molecule has 0 aromatic heterocycles. The Labute approximate surface area is 158 Å². The molecule has 3 amide bonds. The van der Waals surface area contributed by atoms with E-state index in [1.54, 1.807) is 19.2 Å². The molecule has 1 aliphatic rings. The van der Waals surface area contributed by atoms with Crippen molar-refractivity contribution in [1.82, 2.24) is 10.2 Å². The minimum absolute atomic E-state index is 0.278. The summed E-state index contributed by atoms with van der Waals surface area (Å²) in [4.78, 5) is 38.5. The van der Waals surface area contributed by atoms with Crippen LogP contribution in [0, 0.1) is 6.92 Å². The number of hydrogen-bond donors (Lipinski definition) is 1. The summed E-state index contributed by atoms with van der Waals surface area (Å²) in [6.45, 7) is 3.17. The largest absolute Gasteiger partial charge is 0.385 e. The first-order valence-electron chi connectivity index (χ1n) is 8.84. The monoisotopic (exact) mass is 366 g/mol. The molecular formula is C21H22N2O4.